The Hall–Kier alpha value is -7.66. The van der Waals surface area contributed by atoms with Crippen LogP contribution >= 0.6 is 22.7 Å². The quantitative estimate of drug-likeness (QED) is 0.0112. The number of aromatic nitrogens is 6. The third kappa shape index (κ3) is 25.6. The molecule has 7 amide bonds. The van der Waals surface area contributed by atoms with Crippen LogP contribution in [0, 0.1) is 12.8 Å². The molecule has 4 aromatic rings. The molecule has 29 N–H and O–H groups in total. The van der Waals surface area contributed by atoms with Crippen LogP contribution in [0.3, 0.4) is 0 Å². The molecule has 0 aliphatic carbocycles. The zero-order valence-corrected chi connectivity index (χ0v) is 58.4. The van der Waals surface area contributed by atoms with Gasteiger partial charge in [-0.25, -0.2) is 29.7 Å². The van der Waals surface area contributed by atoms with Crippen LogP contribution in [-0.4, -0.2) is 279 Å². The number of hydrogen-bond donors (Lipinski definition) is 23. The van der Waals surface area contributed by atoms with Crippen molar-refractivity contribution >= 4 is 86.2 Å². The Balaban J connectivity index is 0.00000368. The first-order chi connectivity index (χ1) is 48.5. The number of aliphatic hydroxyl groups is 8. The number of Topliss-reactive ketones (excluding diaryl/α,β-unsaturated/α-hetero) is 1. The summed E-state index contributed by atoms with van der Waals surface area (Å²) in [4.78, 5) is 131. The van der Waals surface area contributed by atoms with Gasteiger partial charge in [-0.3, -0.25) is 42.7 Å². The van der Waals surface area contributed by atoms with Gasteiger partial charge in [0.1, 0.15) is 94.6 Å². The SMILES string of the molecule is Cc1c(N)nc(C(CC(N)=O)NCC(N)C(N)=O)nc1C(=O)NC(C(=O)NC(C)C(O)C(C)C(=O)NC(C(=O)NCCc1nc(-c2nc(C(=O)CCCNCCCCN)cs2)cs1)C(C)O)C(O[C@H]1O[C@H](CO)[C@H](O)C(O)[C@H]1OC1O[C@H](CO)[C@@H](O)[C@H](OC(N)=O)C1O)c1cnc[nH]1.O=S(=O)(O)O. The molecule has 0 spiro atoms. The van der Waals surface area contributed by atoms with E-state index in [2.05, 4.69) is 61.8 Å². The molecule has 19 atom stereocenters. The van der Waals surface area contributed by atoms with Gasteiger partial charge in [-0.15, -0.1) is 22.7 Å². The van der Waals surface area contributed by atoms with E-state index in [-0.39, 0.29) is 48.2 Å². The molecular formula is C57H90N18O25S3. The van der Waals surface area contributed by atoms with Crippen molar-refractivity contribution in [2.75, 3.05) is 51.7 Å². The van der Waals surface area contributed by atoms with Crippen molar-refractivity contribution in [2.45, 2.75) is 176 Å². The van der Waals surface area contributed by atoms with Gasteiger partial charge in [0, 0.05) is 48.7 Å². The number of nitrogen functional groups attached to an aromatic ring is 1. The van der Waals surface area contributed by atoms with E-state index in [9.17, 15) is 74.4 Å². The molecule has 12 unspecified atom stereocenters. The number of nitrogens with two attached hydrogens (primary N) is 6. The fourth-order valence-electron chi connectivity index (χ4n) is 10.2. The fraction of sp³-hybridized carbons (Fsp3) is 0.632. The maximum absolute atomic E-state index is 15.2. The molecule has 43 nitrogen and oxygen atoms in total. The number of ketones is 1. The van der Waals surface area contributed by atoms with E-state index >= 15 is 4.79 Å². The van der Waals surface area contributed by atoms with E-state index in [0.29, 0.717) is 47.3 Å². The number of unbranched alkanes of at least 4 members (excludes halogenated alkanes) is 1. The number of nitrogens with zero attached hydrogens (tertiary/aromatic N) is 5. The van der Waals surface area contributed by atoms with Gasteiger partial charge < -0.3 is 136 Å². The Morgan fingerprint density at radius 2 is 1.44 bits per heavy atom. The summed E-state index contributed by atoms with van der Waals surface area (Å²) in [5.41, 5.74) is 33.7. The molecule has 2 fully saturated rings. The number of thiazole rings is 2. The highest BCUT2D eigenvalue weighted by Gasteiger charge is 2.54. The van der Waals surface area contributed by atoms with E-state index < -0.39 is 193 Å². The normalized spacial score (nSPS) is 23.1. The van der Waals surface area contributed by atoms with Crippen LogP contribution < -0.4 is 66.3 Å². The predicted molar refractivity (Wildman–Crippen MR) is 357 cm³/mol. The molecule has 103 heavy (non-hydrogen) atoms. The minimum atomic E-state index is -4.67. The number of hydrogen-bond acceptors (Lipinski definition) is 35. The number of amides is 7. The highest BCUT2D eigenvalue weighted by atomic mass is 32.3. The molecule has 576 valence electrons. The molecule has 0 saturated carbocycles. The number of H-pyrrole nitrogens is 1. The lowest BCUT2D eigenvalue weighted by molar-refractivity contribution is -0.372. The minimum absolute atomic E-state index is 0.00559. The second-order valence-corrected chi connectivity index (χ2v) is 26.4. The second-order valence-electron chi connectivity index (χ2n) is 23.7. The molecule has 6 rings (SSSR count). The predicted octanol–water partition coefficient (Wildman–Crippen LogP) is -8.06. The van der Waals surface area contributed by atoms with Crippen molar-refractivity contribution in [1.29, 1.82) is 0 Å². The average molecular weight is 1520 g/mol. The summed E-state index contributed by atoms with van der Waals surface area (Å²) in [6.07, 6.45) is -22.3. The number of anilines is 1. The van der Waals surface area contributed by atoms with Crippen LogP contribution in [-0.2, 0) is 64.5 Å². The summed E-state index contributed by atoms with van der Waals surface area (Å²) in [5, 5.41) is 109. The lowest BCUT2D eigenvalue weighted by Gasteiger charge is -2.47. The molecule has 6 heterocycles. The maximum Gasteiger partial charge on any atom is 0.404 e. The van der Waals surface area contributed by atoms with Crippen molar-refractivity contribution in [2.24, 2.45) is 34.6 Å². The van der Waals surface area contributed by atoms with Crippen LogP contribution in [0.4, 0.5) is 10.6 Å². The molecule has 0 bridgehead atoms. The number of aromatic amines is 1. The van der Waals surface area contributed by atoms with Gasteiger partial charge in [-0.1, -0.05) is 6.92 Å². The number of nitrogens with one attached hydrogen (secondary N) is 7. The third-order valence-corrected chi connectivity index (χ3v) is 17.7. The largest absolute Gasteiger partial charge is 0.441 e. The summed E-state index contributed by atoms with van der Waals surface area (Å²) in [6.45, 7) is 4.78. The molecule has 2 saturated heterocycles. The molecular weight excluding hydrogens is 1430 g/mol. The number of carbonyl (C=O) groups is 8. The molecule has 0 radical (unpaired) electrons. The monoisotopic (exact) mass is 1520 g/mol. The van der Waals surface area contributed by atoms with Crippen LogP contribution in [0.1, 0.15) is 108 Å². The van der Waals surface area contributed by atoms with Gasteiger partial charge >= 0.3 is 16.5 Å². The standard InChI is InChI=1S/C57H88N18O21S2.H2O4S/c1-22-36(72-49(75-47(22)61)27(14-34(60)80)67-15-26(59)48(62)86)52(89)74-38(44(28-16-65-21-68-28)94-56-46(42(84)40(82)32(17-76)93-56)95-55-43(85)45(96-57(63)91)41(83)33(18-77)92-55)53(90)69-24(3)39(81)23(2)50(87)73-37(25(4)78)51(88)66-13-9-35-70-30(20-97-35)54-71-29(19-98-54)31(79)8-7-12-64-11-6-5-10-58;1-5(2,3)4/h16,19-21,23-27,32-33,37-46,55-56,64,67,76-78,81-85H,5-15,17-18,58-59H2,1-4H3,(H2,60,80)(H2,62,86)(H2,63,91)(H,65,68)(H,66,88)(H,69,90)(H,73,87)(H,74,89)(H2,61,72,75);(H2,1,2,3,4)/t23?,24?,25?,26?,27?,32-,33-,37?,38?,39?,40+,41-,42?,43?,44?,45+,46-,55?,56-;/m1./s1. The van der Waals surface area contributed by atoms with Gasteiger partial charge in [-0.05, 0) is 59.7 Å². The number of primary amides is 3. The Kier molecular flexibility index (Phi) is 33.9. The van der Waals surface area contributed by atoms with Crippen molar-refractivity contribution in [3.05, 3.63) is 56.8 Å². The number of imidazole rings is 1. The van der Waals surface area contributed by atoms with E-state index in [1.165, 1.54) is 50.4 Å². The molecule has 0 aromatic carbocycles. The highest BCUT2D eigenvalue weighted by Crippen LogP contribution is 2.35. The Morgan fingerprint density at radius 3 is 2.05 bits per heavy atom. The number of aliphatic hydroxyl groups excluding tert-OH is 8. The fourth-order valence-corrected chi connectivity index (χ4v) is 11.8. The first-order valence-electron chi connectivity index (χ1n) is 31.8. The van der Waals surface area contributed by atoms with Crippen molar-refractivity contribution in [1.82, 2.24) is 61.8 Å². The van der Waals surface area contributed by atoms with Crippen LogP contribution in [0.5, 0.6) is 0 Å². The summed E-state index contributed by atoms with van der Waals surface area (Å²) in [7, 11) is -4.67. The van der Waals surface area contributed by atoms with Crippen LogP contribution in [0.2, 0.25) is 0 Å². The smallest absolute Gasteiger partial charge is 0.404 e. The first-order valence-corrected chi connectivity index (χ1v) is 35.0. The third-order valence-electron chi connectivity index (χ3n) is 15.9. The van der Waals surface area contributed by atoms with Gasteiger partial charge in [0.25, 0.3) is 5.91 Å². The van der Waals surface area contributed by atoms with E-state index in [0.717, 1.165) is 31.9 Å². The van der Waals surface area contributed by atoms with Gasteiger partial charge in [0.2, 0.25) is 29.5 Å². The lowest BCUT2D eigenvalue weighted by atomic mass is 9.96. The Morgan fingerprint density at radius 1 is 0.777 bits per heavy atom. The number of rotatable bonds is 39. The summed E-state index contributed by atoms with van der Waals surface area (Å²) < 4.78 is 60.3. The van der Waals surface area contributed by atoms with Gasteiger partial charge in [0.05, 0.1) is 72.7 Å². The van der Waals surface area contributed by atoms with Gasteiger partial charge in [-0.2, -0.15) is 8.42 Å². The number of carbonyl (C=O) groups excluding carboxylic acids is 8. The Bertz CT molecular complexity index is 3560. The van der Waals surface area contributed by atoms with Crippen molar-refractivity contribution in [3.63, 3.8) is 0 Å². The van der Waals surface area contributed by atoms with Crippen LogP contribution in [0.25, 0.3) is 10.7 Å². The summed E-state index contributed by atoms with van der Waals surface area (Å²) in [6, 6.07) is -7.85. The maximum atomic E-state index is 15.2. The zero-order chi connectivity index (χ0) is 76.7. The topological polar surface area (TPSA) is 728 Å². The summed E-state index contributed by atoms with van der Waals surface area (Å²) in [5.74, 6) is -8.49. The van der Waals surface area contributed by atoms with E-state index in [4.69, 9.17) is 75.6 Å². The number of ether oxygens (including phenoxy) is 5. The molecule has 2 aliphatic heterocycles. The average Bonchev–Trinajstić information content (AvgIpc) is 1.35. The second kappa shape index (κ2) is 40.6. The Labute approximate surface area is 595 Å². The van der Waals surface area contributed by atoms with E-state index in [1.54, 1.807) is 10.8 Å². The lowest BCUT2D eigenvalue weighted by Crippen LogP contribution is -2.65. The van der Waals surface area contributed by atoms with Crippen LogP contribution in [0.15, 0.2) is 23.3 Å². The summed E-state index contributed by atoms with van der Waals surface area (Å²) >= 11 is 2.55. The highest BCUT2D eigenvalue weighted by molar-refractivity contribution is 7.79. The molecule has 2 aliphatic rings. The van der Waals surface area contributed by atoms with E-state index in [1.807, 2.05) is 0 Å². The minimum Gasteiger partial charge on any atom is -0.441 e. The van der Waals surface area contributed by atoms with Crippen molar-refractivity contribution in [3.8, 4) is 10.7 Å². The van der Waals surface area contributed by atoms with Gasteiger partial charge in [0.15, 0.2) is 24.5 Å². The molecule has 46 heteroatoms. The zero-order valence-electron chi connectivity index (χ0n) is 56.0. The first kappa shape index (κ1) is 86.0. The molecule has 4 aromatic heterocycles. The van der Waals surface area contributed by atoms with Crippen molar-refractivity contribution < 1.29 is 120 Å².